The Labute approximate surface area is 215 Å². The number of hydrogen-bond donors (Lipinski definition) is 1. The molecule has 0 fully saturated rings. The summed E-state index contributed by atoms with van der Waals surface area (Å²) in [6.45, 7) is 14.0. The molecule has 36 heavy (non-hydrogen) atoms. The molecule has 0 aromatic heterocycles. The van der Waals surface area contributed by atoms with Crippen LogP contribution in [0.15, 0.2) is 47.2 Å². The molecule has 1 N–H and O–H groups in total. The number of amides is 1. The van der Waals surface area contributed by atoms with Gasteiger partial charge in [-0.25, -0.2) is 4.79 Å². The molecule has 8 heteroatoms. The van der Waals surface area contributed by atoms with E-state index in [1.165, 1.54) is 7.11 Å². The van der Waals surface area contributed by atoms with E-state index in [1.807, 2.05) is 47.6 Å². The lowest BCUT2D eigenvalue weighted by atomic mass is 9.79. The predicted octanol–water partition coefficient (Wildman–Crippen LogP) is 5.63. The lowest BCUT2D eigenvalue weighted by molar-refractivity contribution is -0.118. The Kier molecular flexibility index (Phi) is 9.35. The Balaban J connectivity index is 2.61. The Bertz CT molecular complexity index is 1120. The number of ketones is 1. The van der Waals surface area contributed by atoms with Gasteiger partial charge >= 0.3 is 6.16 Å². The Morgan fingerprint density at radius 1 is 1.00 bits per heavy atom. The first-order chi connectivity index (χ1) is 16.7. The zero-order chi connectivity index (χ0) is 27.3. The van der Waals surface area contributed by atoms with Gasteiger partial charge < -0.3 is 19.5 Å². The zero-order valence-corrected chi connectivity index (χ0v) is 22.5. The maximum atomic E-state index is 13.5. The largest absolute Gasteiger partial charge is 0.513 e. The second-order valence-electron chi connectivity index (χ2n) is 10.6. The second kappa shape index (κ2) is 11.6. The smallest absolute Gasteiger partial charge is 0.501 e. The van der Waals surface area contributed by atoms with Crippen LogP contribution in [0.1, 0.15) is 72.4 Å². The summed E-state index contributed by atoms with van der Waals surface area (Å²) >= 11 is 0. The van der Waals surface area contributed by atoms with Crippen LogP contribution in [0.25, 0.3) is 0 Å². The predicted molar refractivity (Wildman–Crippen MR) is 141 cm³/mol. The SMILES string of the molecule is [B]C1=CCCC=C1C(=O)/C(=C/OCC)C(=O)Nc1cc(OC(=O)OC)c(C(C)(C)C)cc1C(C)(C)C. The topological polar surface area (TPSA) is 90.9 Å². The third-order valence-electron chi connectivity index (χ3n) is 5.64. The number of carbonyl (C=O) groups excluding carboxylic acids is 3. The molecule has 0 bridgehead atoms. The highest BCUT2D eigenvalue weighted by Gasteiger charge is 2.30. The van der Waals surface area contributed by atoms with Crippen LogP contribution in [-0.4, -0.2) is 39.4 Å². The number of Topliss-reactive ketones (excluding diaryl/α,β-unsaturated/α-hetero) is 1. The van der Waals surface area contributed by atoms with Crippen LogP contribution in [0.2, 0.25) is 0 Å². The molecule has 2 radical (unpaired) electrons. The third kappa shape index (κ3) is 7.12. The molecule has 1 amide bonds. The number of carbonyl (C=O) groups is 3. The number of hydrogen-bond acceptors (Lipinski definition) is 6. The van der Waals surface area contributed by atoms with Crippen molar-refractivity contribution in [3.63, 3.8) is 0 Å². The average Bonchev–Trinajstić information content (AvgIpc) is 2.77. The summed E-state index contributed by atoms with van der Waals surface area (Å²) in [6.07, 6.45) is 5.17. The van der Waals surface area contributed by atoms with Crippen molar-refractivity contribution in [1.29, 1.82) is 0 Å². The fourth-order valence-electron chi connectivity index (χ4n) is 3.74. The molecule has 1 aromatic rings. The van der Waals surface area contributed by atoms with Crippen molar-refractivity contribution in [2.24, 2.45) is 0 Å². The van der Waals surface area contributed by atoms with Crippen LogP contribution < -0.4 is 10.1 Å². The summed E-state index contributed by atoms with van der Waals surface area (Å²) in [5, 5.41) is 2.84. The van der Waals surface area contributed by atoms with Gasteiger partial charge in [-0.2, -0.15) is 0 Å². The van der Waals surface area contributed by atoms with Gasteiger partial charge in [-0.15, -0.1) is 0 Å². The first-order valence-corrected chi connectivity index (χ1v) is 12.0. The van der Waals surface area contributed by atoms with Crippen molar-refractivity contribution in [2.45, 2.75) is 72.1 Å². The molecule has 192 valence electrons. The van der Waals surface area contributed by atoms with Gasteiger partial charge in [0.05, 0.1) is 20.0 Å². The van der Waals surface area contributed by atoms with Crippen molar-refractivity contribution in [1.82, 2.24) is 0 Å². The molecule has 1 aromatic carbocycles. The van der Waals surface area contributed by atoms with Gasteiger partial charge in [-0.1, -0.05) is 59.2 Å². The summed E-state index contributed by atoms with van der Waals surface area (Å²) in [7, 11) is 7.25. The molecule has 0 aliphatic heterocycles. The van der Waals surface area contributed by atoms with Crippen LogP contribution in [0.4, 0.5) is 10.5 Å². The number of ether oxygens (including phenoxy) is 3. The van der Waals surface area contributed by atoms with E-state index in [0.29, 0.717) is 17.6 Å². The van der Waals surface area contributed by atoms with Gasteiger partial charge in [0, 0.05) is 22.9 Å². The fraction of sp³-hybridized carbons (Fsp3) is 0.464. The van der Waals surface area contributed by atoms with Gasteiger partial charge in [-0.3, -0.25) is 9.59 Å². The van der Waals surface area contributed by atoms with Crippen LogP contribution in [0, 0.1) is 0 Å². The number of anilines is 1. The van der Waals surface area contributed by atoms with Crippen molar-refractivity contribution < 1.29 is 28.6 Å². The number of allylic oxidation sites excluding steroid dienone is 4. The fourth-order valence-corrected chi connectivity index (χ4v) is 3.74. The lowest BCUT2D eigenvalue weighted by Crippen LogP contribution is -2.26. The van der Waals surface area contributed by atoms with E-state index in [2.05, 4.69) is 10.1 Å². The minimum absolute atomic E-state index is 0.184. The summed E-state index contributed by atoms with van der Waals surface area (Å²) in [6, 6.07) is 3.50. The first kappa shape index (κ1) is 28.9. The van der Waals surface area contributed by atoms with Crippen LogP contribution >= 0.6 is 0 Å². The summed E-state index contributed by atoms with van der Waals surface area (Å²) in [4.78, 5) is 38.7. The summed E-state index contributed by atoms with van der Waals surface area (Å²) in [5.74, 6) is -0.934. The third-order valence-corrected chi connectivity index (χ3v) is 5.64. The molecule has 0 spiro atoms. The van der Waals surface area contributed by atoms with E-state index in [4.69, 9.17) is 17.3 Å². The first-order valence-electron chi connectivity index (χ1n) is 12.0. The van der Waals surface area contributed by atoms with Crippen molar-refractivity contribution in [3.8, 4) is 5.75 Å². The minimum Gasteiger partial charge on any atom is -0.501 e. The van der Waals surface area contributed by atoms with Crippen LogP contribution in [0.3, 0.4) is 0 Å². The molecule has 0 unspecified atom stereocenters. The standard InChI is InChI=1S/C28H36BNO6/c1-9-35-16-18(24(31)17-12-10-11-13-21(17)29)25(32)30-22-15-23(36-26(33)34-8)20(28(5,6)7)14-19(22)27(2,3)4/h12-16H,9-11H2,1-8H3,(H,30,32)/b18-16-. The Morgan fingerprint density at radius 2 is 1.61 bits per heavy atom. The van der Waals surface area contributed by atoms with Gasteiger partial charge in [0.15, 0.2) is 0 Å². The average molecular weight is 493 g/mol. The number of methoxy groups -OCH3 is 1. The minimum atomic E-state index is -0.875. The second-order valence-corrected chi connectivity index (χ2v) is 10.6. The number of nitrogens with one attached hydrogen (secondary N) is 1. The highest BCUT2D eigenvalue weighted by Crippen LogP contribution is 2.40. The molecular weight excluding hydrogens is 457 g/mol. The monoisotopic (exact) mass is 493 g/mol. The van der Waals surface area contributed by atoms with E-state index in [-0.39, 0.29) is 34.3 Å². The maximum absolute atomic E-state index is 13.5. The van der Waals surface area contributed by atoms with Crippen LogP contribution in [0.5, 0.6) is 5.75 Å². The molecule has 1 aliphatic carbocycles. The zero-order valence-electron chi connectivity index (χ0n) is 22.5. The normalized spacial score (nSPS) is 14.4. The highest BCUT2D eigenvalue weighted by atomic mass is 16.7. The van der Waals surface area contributed by atoms with Crippen molar-refractivity contribution in [3.05, 3.63) is 58.3 Å². The highest BCUT2D eigenvalue weighted by molar-refractivity contribution is 6.36. The van der Waals surface area contributed by atoms with E-state index >= 15 is 0 Å². The van der Waals surface area contributed by atoms with E-state index in [1.54, 1.807) is 25.1 Å². The lowest BCUT2D eigenvalue weighted by Gasteiger charge is -2.29. The van der Waals surface area contributed by atoms with Gasteiger partial charge in [-0.05, 0) is 42.2 Å². The molecule has 2 rings (SSSR count). The van der Waals surface area contributed by atoms with Crippen molar-refractivity contribution >= 4 is 31.4 Å². The van der Waals surface area contributed by atoms with Crippen LogP contribution in [-0.2, 0) is 29.9 Å². The van der Waals surface area contributed by atoms with Crippen molar-refractivity contribution in [2.75, 3.05) is 19.0 Å². The maximum Gasteiger partial charge on any atom is 0.513 e. The molecule has 1 aliphatic rings. The quantitative estimate of drug-likeness (QED) is 0.101. The summed E-state index contributed by atoms with van der Waals surface area (Å²) in [5.41, 5.74) is 1.63. The Morgan fingerprint density at radius 3 is 2.14 bits per heavy atom. The van der Waals surface area contributed by atoms with Gasteiger partial charge in [0.25, 0.3) is 5.91 Å². The Hall–Kier alpha value is -3.29. The molecule has 0 heterocycles. The number of rotatable bonds is 7. The molecule has 0 saturated heterocycles. The number of benzene rings is 1. The summed E-state index contributed by atoms with van der Waals surface area (Å²) < 4.78 is 15.5. The molecule has 0 atom stereocenters. The molecule has 0 saturated carbocycles. The van der Waals surface area contributed by atoms with E-state index < -0.39 is 17.8 Å². The van der Waals surface area contributed by atoms with E-state index in [0.717, 1.165) is 23.8 Å². The van der Waals surface area contributed by atoms with Gasteiger partial charge in [0.1, 0.15) is 19.2 Å². The molecule has 7 nitrogen and oxygen atoms in total. The van der Waals surface area contributed by atoms with Gasteiger partial charge in [0.2, 0.25) is 5.78 Å². The molecular formula is C28H36BNO6. The van der Waals surface area contributed by atoms with E-state index in [9.17, 15) is 14.4 Å².